The van der Waals surface area contributed by atoms with Gasteiger partial charge < -0.3 is 15.0 Å². The minimum atomic E-state index is 0.747. The number of rotatable bonds is 3. The van der Waals surface area contributed by atoms with Gasteiger partial charge in [-0.25, -0.2) is 0 Å². The van der Waals surface area contributed by atoms with Gasteiger partial charge in [-0.3, -0.25) is 0 Å². The molecule has 1 aliphatic heterocycles. The van der Waals surface area contributed by atoms with E-state index in [2.05, 4.69) is 24.3 Å². The molecule has 0 amide bonds. The Morgan fingerprint density at radius 3 is 2.40 bits per heavy atom. The van der Waals surface area contributed by atoms with Crippen molar-refractivity contribution < 1.29 is 4.74 Å². The highest BCUT2D eigenvalue weighted by Gasteiger charge is 2.30. The van der Waals surface area contributed by atoms with E-state index in [0.29, 0.717) is 0 Å². The predicted octanol–water partition coefficient (Wildman–Crippen LogP) is 1.24. The van der Waals surface area contributed by atoms with Crippen LogP contribution in [0.2, 0.25) is 0 Å². The van der Waals surface area contributed by atoms with Crippen molar-refractivity contribution in [1.82, 2.24) is 10.2 Å². The van der Waals surface area contributed by atoms with E-state index >= 15 is 0 Å². The van der Waals surface area contributed by atoms with Crippen LogP contribution in [0.25, 0.3) is 0 Å². The predicted molar refractivity (Wildman–Crippen MR) is 62.1 cm³/mol. The van der Waals surface area contributed by atoms with E-state index in [1.165, 1.54) is 32.1 Å². The number of hydrogen-bond acceptors (Lipinski definition) is 3. The Balaban J connectivity index is 1.82. The first-order chi connectivity index (χ1) is 7.31. The largest absolute Gasteiger partial charge is 0.381 e. The maximum atomic E-state index is 5.42. The summed E-state index contributed by atoms with van der Waals surface area (Å²) in [4.78, 5) is 2.61. The Labute approximate surface area is 93.2 Å². The molecule has 2 fully saturated rings. The number of nitrogens with zero attached hydrogens (tertiary/aromatic N) is 1. The zero-order valence-electron chi connectivity index (χ0n) is 10.0. The Morgan fingerprint density at radius 2 is 1.80 bits per heavy atom. The molecule has 0 aromatic rings. The van der Waals surface area contributed by atoms with Crippen molar-refractivity contribution >= 4 is 0 Å². The monoisotopic (exact) mass is 212 g/mol. The molecule has 1 saturated carbocycles. The molecular formula is C12H24N2O. The molecule has 0 bridgehead atoms. The Bertz CT molecular complexity index is 192. The molecule has 15 heavy (non-hydrogen) atoms. The van der Waals surface area contributed by atoms with E-state index in [1.807, 2.05) is 0 Å². The van der Waals surface area contributed by atoms with Gasteiger partial charge in [0.2, 0.25) is 0 Å². The average Bonchev–Trinajstić information content (AvgIpc) is 2.78. The second kappa shape index (κ2) is 5.28. The molecule has 1 saturated heterocycles. The summed E-state index contributed by atoms with van der Waals surface area (Å²) >= 11 is 0. The van der Waals surface area contributed by atoms with Gasteiger partial charge in [0.25, 0.3) is 0 Å². The molecule has 88 valence electrons. The highest BCUT2D eigenvalue weighted by atomic mass is 16.5. The second-order valence-corrected chi connectivity index (χ2v) is 4.96. The SMILES string of the molecule is CNC1CCC(N(C)C2CCOCC2)C1. The van der Waals surface area contributed by atoms with Crippen molar-refractivity contribution in [2.45, 2.75) is 50.2 Å². The van der Waals surface area contributed by atoms with Crippen LogP contribution < -0.4 is 5.32 Å². The molecule has 0 aromatic carbocycles. The van der Waals surface area contributed by atoms with Crippen molar-refractivity contribution in [3.63, 3.8) is 0 Å². The lowest BCUT2D eigenvalue weighted by molar-refractivity contribution is 0.0291. The van der Waals surface area contributed by atoms with Gasteiger partial charge in [-0.15, -0.1) is 0 Å². The van der Waals surface area contributed by atoms with Gasteiger partial charge in [-0.05, 0) is 46.2 Å². The topological polar surface area (TPSA) is 24.5 Å². The van der Waals surface area contributed by atoms with Crippen LogP contribution in [0.3, 0.4) is 0 Å². The van der Waals surface area contributed by atoms with Gasteiger partial charge in [0, 0.05) is 31.3 Å². The molecule has 1 heterocycles. The van der Waals surface area contributed by atoms with E-state index in [9.17, 15) is 0 Å². The van der Waals surface area contributed by atoms with Gasteiger partial charge in [0.05, 0.1) is 0 Å². The van der Waals surface area contributed by atoms with Gasteiger partial charge in [-0.1, -0.05) is 0 Å². The maximum Gasteiger partial charge on any atom is 0.0480 e. The second-order valence-electron chi connectivity index (χ2n) is 4.96. The van der Waals surface area contributed by atoms with Crippen LogP contribution >= 0.6 is 0 Å². The fourth-order valence-electron chi connectivity index (χ4n) is 2.98. The molecular weight excluding hydrogens is 188 g/mol. The first kappa shape index (κ1) is 11.4. The summed E-state index contributed by atoms with van der Waals surface area (Å²) in [6.45, 7) is 1.91. The molecule has 1 N–H and O–H groups in total. The van der Waals surface area contributed by atoms with Gasteiger partial charge >= 0.3 is 0 Å². The minimum absolute atomic E-state index is 0.747. The molecule has 2 rings (SSSR count). The van der Waals surface area contributed by atoms with Crippen molar-refractivity contribution in [2.75, 3.05) is 27.3 Å². The zero-order valence-corrected chi connectivity index (χ0v) is 10.0. The van der Waals surface area contributed by atoms with Crippen molar-refractivity contribution in [2.24, 2.45) is 0 Å². The van der Waals surface area contributed by atoms with Crippen molar-refractivity contribution in [3.8, 4) is 0 Å². The molecule has 3 heteroatoms. The highest BCUT2D eigenvalue weighted by molar-refractivity contribution is 4.88. The lowest BCUT2D eigenvalue weighted by Gasteiger charge is -2.35. The van der Waals surface area contributed by atoms with Crippen LogP contribution in [0.15, 0.2) is 0 Å². The van der Waals surface area contributed by atoms with Crippen LogP contribution in [-0.2, 0) is 4.74 Å². The van der Waals surface area contributed by atoms with Crippen LogP contribution in [0, 0.1) is 0 Å². The van der Waals surface area contributed by atoms with E-state index in [-0.39, 0.29) is 0 Å². The fraction of sp³-hybridized carbons (Fsp3) is 1.00. The first-order valence-corrected chi connectivity index (χ1v) is 6.28. The average molecular weight is 212 g/mol. The smallest absolute Gasteiger partial charge is 0.0480 e. The Kier molecular flexibility index (Phi) is 4.00. The van der Waals surface area contributed by atoms with Gasteiger partial charge in [0.15, 0.2) is 0 Å². The molecule has 1 aliphatic carbocycles. The summed E-state index contributed by atoms with van der Waals surface area (Å²) < 4.78 is 5.42. The van der Waals surface area contributed by atoms with Crippen LogP contribution in [0.1, 0.15) is 32.1 Å². The molecule has 2 atom stereocenters. The number of nitrogens with one attached hydrogen (secondary N) is 1. The summed E-state index contributed by atoms with van der Waals surface area (Å²) in [5.41, 5.74) is 0. The fourth-order valence-corrected chi connectivity index (χ4v) is 2.98. The zero-order chi connectivity index (χ0) is 10.7. The third-order valence-electron chi connectivity index (χ3n) is 4.16. The van der Waals surface area contributed by atoms with E-state index in [4.69, 9.17) is 4.74 Å². The Morgan fingerprint density at radius 1 is 1.07 bits per heavy atom. The van der Waals surface area contributed by atoms with Gasteiger partial charge in [-0.2, -0.15) is 0 Å². The van der Waals surface area contributed by atoms with Crippen molar-refractivity contribution in [1.29, 1.82) is 0 Å². The summed E-state index contributed by atoms with van der Waals surface area (Å²) in [6, 6.07) is 2.31. The number of ether oxygens (including phenoxy) is 1. The normalized spacial score (nSPS) is 33.8. The van der Waals surface area contributed by atoms with E-state index < -0.39 is 0 Å². The summed E-state index contributed by atoms with van der Waals surface area (Å²) in [5.74, 6) is 0. The first-order valence-electron chi connectivity index (χ1n) is 6.28. The molecule has 0 radical (unpaired) electrons. The van der Waals surface area contributed by atoms with E-state index in [1.54, 1.807) is 0 Å². The van der Waals surface area contributed by atoms with Crippen LogP contribution in [-0.4, -0.2) is 50.3 Å². The third kappa shape index (κ3) is 2.71. The summed E-state index contributed by atoms with van der Waals surface area (Å²) in [5, 5.41) is 3.40. The van der Waals surface area contributed by atoms with Crippen LogP contribution in [0.5, 0.6) is 0 Å². The minimum Gasteiger partial charge on any atom is -0.381 e. The molecule has 0 aromatic heterocycles. The highest BCUT2D eigenvalue weighted by Crippen LogP contribution is 2.26. The molecule has 2 unspecified atom stereocenters. The lowest BCUT2D eigenvalue weighted by Crippen LogP contribution is -2.42. The standard InChI is InChI=1S/C12H24N2O/c1-13-10-3-4-12(9-10)14(2)11-5-7-15-8-6-11/h10-13H,3-9H2,1-2H3. The number of hydrogen-bond donors (Lipinski definition) is 1. The molecule has 0 spiro atoms. The van der Waals surface area contributed by atoms with E-state index in [0.717, 1.165) is 31.3 Å². The summed E-state index contributed by atoms with van der Waals surface area (Å²) in [6.07, 6.45) is 6.47. The quantitative estimate of drug-likeness (QED) is 0.762. The third-order valence-corrected chi connectivity index (χ3v) is 4.16. The van der Waals surface area contributed by atoms with Crippen LogP contribution in [0.4, 0.5) is 0 Å². The maximum absolute atomic E-state index is 5.42. The molecule has 2 aliphatic rings. The summed E-state index contributed by atoms with van der Waals surface area (Å²) in [7, 11) is 4.39. The Hall–Kier alpha value is -0.120. The van der Waals surface area contributed by atoms with Gasteiger partial charge in [0.1, 0.15) is 0 Å². The molecule has 3 nitrogen and oxygen atoms in total. The van der Waals surface area contributed by atoms with Crippen molar-refractivity contribution in [3.05, 3.63) is 0 Å². The lowest BCUT2D eigenvalue weighted by atomic mass is 10.0.